The molecule has 0 atom stereocenters. The fourth-order valence-corrected chi connectivity index (χ4v) is 2.52. The van der Waals surface area contributed by atoms with Gasteiger partial charge in [-0.15, -0.1) is 11.6 Å². The first kappa shape index (κ1) is 13.1. The SMILES string of the molecule is ClCCCN1Cc2ccccc2C(c2cccnc2)=N1. The molecule has 0 fully saturated rings. The van der Waals surface area contributed by atoms with E-state index >= 15 is 0 Å². The molecule has 2 heterocycles. The second kappa shape index (κ2) is 6.06. The summed E-state index contributed by atoms with van der Waals surface area (Å²) in [6.45, 7) is 1.72. The van der Waals surface area contributed by atoms with Gasteiger partial charge in [0, 0.05) is 35.9 Å². The smallest absolute Gasteiger partial charge is 0.0995 e. The van der Waals surface area contributed by atoms with Gasteiger partial charge in [-0.1, -0.05) is 24.3 Å². The number of hydrogen-bond acceptors (Lipinski definition) is 3. The number of nitrogens with zero attached hydrogens (tertiary/aromatic N) is 3. The average molecular weight is 286 g/mol. The first-order valence-electron chi connectivity index (χ1n) is 6.76. The lowest BCUT2D eigenvalue weighted by Gasteiger charge is -2.27. The highest BCUT2D eigenvalue weighted by Crippen LogP contribution is 2.22. The third kappa shape index (κ3) is 2.68. The van der Waals surface area contributed by atoms with Gasteiger partial charge in [-0.05, 0) is 24.1 Å². The summed E-state index contributed by atoms with van der Waals surface area (Å²) in [6.07, 6.45) is 4.58. The van der Waals surface area contributed by atoms with Gasteiger partial charge < -0.3 is 0 Å². The van der Waals surface area contributed by atoms with Gasteiger partial charge in [0.1, 0.15) is 0 Å². The summed E-state index contributed by atoms with van der Waals surface area (Å²) in [6, 6.07) is 12.4. The summed E-state index contributed by atoms with van der Waals surface area (Å²) in [7, 11) is 0. The van der Waals surface area contributed by atoms with Crippen LogP contribution in [0.4, 0.5) is 0 Å². The maximum absolute atomic E-state index is 5.79. The first-order chi connectivity index (χ1) is 9.88. The van der Waals surface area contributed by atoms with Gasteiger partial charge >= 0.3 is 0 Å². The highest BCUT2D eigenvalue weighted by atomic mass is 35.5. The van der Waals surface area contributed by atoms with Crippen LogP contribution in [0, 0.1) is 0 Å². The van der Waals surface area contributed by atoms with E-state index in [0.29, 0.717) is 5.88 Å². The Morgan fingerprint density at radius 1 is 1.15 bits per heavy atom. The molecule has 3 nitrogen and oxygen atoms in total. The van der Waals surface area contributed by atoms with E-state index in [0.717, 1.165) is 30.8 Å². The Morgan fingerprint density at radius 2 is 2.05 bits per heavy atom. The Hall–Kier alpha value is -1.87. The molecule has 1 aliphatic heterocycles. The summed E-state index contributed by atoms with van der Waals surface area (Å²) < 4.78 is 0. The monoisotopic (exact) mass is 285 g/mol. The molecule has 4 heteroatoms. The minimum atomic E-state index is 0.663. The van der Waals surface area contributed by atoms with E-state index in [9.17, 15) is 0 Å². The van der Waals surface area contributed by atoms with Gasteiger partial charge in [-0.3, -0.25) is 9.99 Å². The topological polar surface area (TPSA) is 28.5 Å². The van der Waals surface area contributed by atoms with Gasteiger partial charge in [-0.25, -0.2) is 0 Å². The largest absolute Gasteiger partial charge is 0.292 e. The summed E-state index contributed by atoms with van der Waals surface area (Å²) in [5.41, 5.74) is 4.54. The Bertz CT molecular complexity index is 610. The molecule has 20 heavy (non-hydrogen) atoms. The number of benzene rings is 1. The molecule has 3 rings (SSSR count). The molecule has 0 N–H and O–H groups in total. The van der Waals surface area contributed by atoms with Gasteiger partial charge in [0.15, 0.2) is 0 Å². The lowest BCUT2D eigenvalue weighted by Crippen LogP contribution is -2.27. The normalized spacial score (nSPS) is 13.8. The van der Waals surface area contributed by atoms with Crippen molar-refractivity contribution in [3.8, 4) is 0 Å². The Balaban J connectivity index is 2.00. The number of hydrogen-bond donors (Lipinski definition) is 0. The van der Waals surface area contributed by atoms with Gasteiger partial charge in [-0.2, -0.15) is 5.10 Å². The van der Waals surface area contributed by atoms with Crippen LogP contribution in [0.5, 0.6) is 0 Å². The van der Waals surface area contributed by atoms with E-state index in [1.807, 2.05) is 18.3 Å². The summed E-state index contributed by atoms with van der Waals surface area (Å²) in [5, 5.41) is 6.87. The molecule has 1 aromatic carbocycles. The molecule has 2 aromatic rings. The molecule has 0 spiro atoms. The Kier molecular flexibility index (Phi) is 3.97. The fraction of sp³-hybridized carbons (Fsp3) is 0.250. The number of fused-ring (bicyclic) bond motifs is 1. The number of halogens is 1. The Labute approximate surface area is 123 Å². The van der Waals surface area contributed by atoms with E-state index in [1.165, 1.54) is 11.1 Å². The molecule has 0 amide bonds. The molecule has 0 radical (unpaired) electrons. The van der Waals surface area contributed by atoms with Crippen molar-refractivity contribution < 1.29 is 0 Å². The number of pyridine rings is 1. The van der Waals surface area contributed by atoms with E-state index in [-0.39, 0.29) is 0 Å². The van der Waals surface area contributed by atoms with E-state index in [2.05, 4.69) is 34.3 Å². The van der Waals surface area contributed by atoms with Crippen molar-refractivity contribution >= 4 is 17.3 Å². The zero-order valence-corrected chi connectivity index (χ0v) is 11.9. The van der Waals surface area contributed by atoms with Crippen molar-refractivity contribution in [1.29, 1.82) is 0 Å². The minimum absolute atomic E-state index is 0.663. The molecule has 0 aliphatic carbocycles. The molecule has 1 aliphatic rings. The predicted octanol–water partition coefficient (Wildman–Crippen LogP) is 3.28. The fourth-order valence-electron chi connectivity index (χ4n) is 2.40. The predicted molar refractivity (Wildman–Crippen MR) is 82.1 cm³/mol. The number of aromatic nitrogens is 1. The second-order valence-electron chi connectivity index (χ2n) is 4.78. The van der Waals surface area contributed by atoms with Crippen LogP contribution < -0.4 is 0 Å². The van der Waals surface area contributed by atoms with Gasteiger partial charge in [0.2, 0.25) is 0 Å². The summed E-state index contributed by atoms with van der Waals surface area (Å²) >= 11 is 5.79. The average Bonchev–Trinajstić information content (AvgIpc) is 2.53. The van der Waals surface area contributed by atoms with Crippen molar-refractivity contribution in [2.24, 2.45) is 5.10 Å². The number of alkyl halides is 1. The summed E-state index contributed by atoms with van der Waals surface area (Å²) in [4.78, 5) is 4.20. The number of hydrazone groups is 1. The molecule has 0 bridgehead atoms. The van der Waals surface area contributed by atoms with Gasteiger partial charge in [0.25, 0.3) is 0 Å². The maximum atomic E-state index is 5.79. The summed E-state index contributed by atoms with van der Waals surface area (Å²) in [5.74, 6) is 0.663. The third-order valence-electron chi connectivity index (χ3n) is 3.35. The molecular formula is C16H16ClN3. The third-order valence-corrected chi connectivity index (χ3v) is 3.62. The highest BCUT2D eigenvalue weighted by Gasteiger charge is 2.19. The first-order valence-corrected chi connectivity index (χ1v) is 7.30. The van der Waals surface area contributed by atoms with Crippen LogP contribution in [-0.4, -0.2) is 28.1 Å². The quantitative estimate of drug-likeness (QED) is 0.807. The minimum Gasteiger partial charge on any atom is -0.292 e. The van der Waals surface area contributed by atoms with E-state index in [4.69, 9.17) is 16.7 Å². The number of rotatable bonds is 4. The van der Waals surface area contributed by atoms with Crippen molar-refractivity contribution in [3.63, 3.8) is 0 Å². The standard InChI is InChI=1S/C16H16ClN3/c17-8-4-10-20-12-14-5-1-2-7-15(14)16(19-20)13-6-3-9-18-11-13/h1-3,5-7,9,11H,4,8,10,12H2. The molecule has 0 saturated heterocycles. The van der Waals surface area contributed by atoms with Crippen LogP contribution in [-0.2, 0) is 6.54 Å². The molecule has 0 unspecified atom stereocenters. The molecule has 1 aromatic heterocycles. The molecule has 0 saturated carbocycles. The van der Waals surface area contributed by atoms with Crippen LogP contribution in [0.1, 0.15) is 23.1 Å². The van der Waals surface area contributed by atoms with Crippen molar-refractivity contribution in [3.05, 3.63) is 65.5 Å². The maximum Gasteiger partial charge on any atom is 0.0995 e. The Morgan fingerprint density at radius 3 is 2.85 bits per heavy atom. The van der Waals surface area contributed by atoms with E-state index in [1.54, 1.807) is 6.20 Å². The molecular weight excluding hydrogens is 270 g/mol. The van der Waals surface area contributed by atoms with Crippen molar-refractivity contribution in [1.82, 2.24) is 9.99 Å². The molecule has 102 valence electrons. The van der Waals surface area contributed by atoms with Gasteiger partial charge in [0.05, 0.1) is 12.3 Å². The zero-order chi connectivity index (χ0) is 13.8. The van der Waals surface area contributed by atoms with E-state index < -0.39 is 0 Å². The van der Waals surface area contributed by atoms with Crippen LogP contribution in [0.2, 0.25) is 0 Å². The second-order valence-corrected chi connectivity index (χ2v) is 5.16. The van der Waals surface area contributed by atoms with Crippen molar-refractivity contribution in [2.45, 2.75) is 13.0 Å². The van der Waals surface area contributed by atoms with Crippen molar-refractivity contribution in [2.75, 3.05) is 12.4 Å². The zero-order valence-electron chi connectivity index (χ0n) is 11.2. The highest BCUT2D eigenvalue weighted by molar-refractivity contribution is 6.17. The van der Waals surface area contributed by atoms with Crippen LogP contribution in [0.25, 0.3) is 0 Å². The lowest BCUT2D eigenvalue weighted by atomic mass is 9.97. The van der Waals surface area contributed by atoms with Crippen LogP contribution in [0.15, 0.2) is 53.9 Å². The van der Waals surface area contributed by atoms with Crippen LogP contribution in [0.3, 0.4) is 0 Å². The lowest BCUT2D eigenvalue weighted by molar-refractivity contribution is 0.276. The van der Waals surface area contributed by atoms with Crippen LogP contribution >= 0.6 is 11.6 Å².